The minimum atomic E-state index is -0.663. The highest BCUT2D eigenvalue weighted by atomic mass is 32.2. The lowest BCUT2D eigenvalue weighted by molar-refractivity contribution is -0.119. The maximum atomic E-state index is 13.5. The number of fused-ring (bicyclic) bond motifs is 1. The summed E-state index contributed by atoms with van der Waals surface area (Å²) in [5.41, 5.74) is 2.48. The lowest BCUT2D eigenvalue weighted by Crippen LogP contribution is -2.49. The first kappa shape index (κ1) is 23.5. The van der Waals surface area contributed by atoms with Gasteiger partial charge in [-0.05, 0) is 64.8 Å². The summed E-state index contributed by atoms with van der Waals surface area (Å²) >= 11 is 1.14. The molecule has 0 aliphatic heterocycles. The van der Waals surface area contributed by atoms with Gasteiger partial charge in [-0.2, -0.15) is 0 Å². The number of aromatic nitrogens is 2. The van der Waals surface area contributed by atoms with Crippen LogP contribution in [0.2, 0.25) is 0 Å². The average Bonchev–Trinajstić information content (AvgIpc) is 2.68. The molecule has 0 radical (unpaired) electrons. The zero-order chi connectivity index (χ0) is 23.6. The van der Waals surface area contributed by atoms with E-state index in [9.17, 15) is 14.4 Å². The van der Waals surface area contributed by atoms with Crippen LogP contribution in [0, 0.1) is 13.8 Å². The lowest BCUT2D eigenvalue weighted by atomic mass is 10.1. The Morgan fingerprint density at radius 2 is 1.66 bits per heavy atom. The lowest BCUT2D eigenvalue weighted by Gasteiger charge is -2.21. The summed E-state index contributed by atoms with van der Waals surface area (Å²) in [6.07, 6.45) is 0. The number of hydrogen-bond acceptors (Lipinski definition) is 5. The Kier molecular flexibility index (Phi) is 6.74. The van der Waals surface area contributed by atoms with Gasteiger partial charge in [-0.25, -0.2) is 9.78 Å². The quantitative estimate of drug-likeness (QED) is 0.459. The molecule has 0 aliphatic carbocycles. The van der Waals surface area contributed by atoms with Gasteiger partial charge in [0, 0.05) is 5.54 Å². The number of para-hydroxylation sites is 2. The van der Waals surface area contributed by atoms with Gasteiger partial charge in [0.1, 0.15) is 0 Å². The minimum absolute atomic E-state index is 0.200. The second-order valence-electron chi connectivity index (χ2n) is 8.75. The summed E-state index contributed by atoms with van der Waals surface area (Å²) < 4.78 is 1.57. The Morgan fingerprint density at radius 3 is 2.28 bits per heavy atom. The van der Waals surface area contributed by atoms with Crippen molar-refractivity contribution in [2.24, 2.45) is 0 Å². The van der Waals surface area contributed by atoms with Crippen LogP contribution in [-0.2, 0) is 4.79 Å². The van der Waals surface area contributed by atoms with Crippen molar-refractivity contribution in [2.45, 2.75) is 57.5 Å². The Labute approximate surface area is 191 Å². The van der Waals surface area contributed by atoms with Crippen molar-refractivity contribution in [1.82, 2.24) is 20.2 Å². The van der Waals surface area contributed by atoms with Crippen LogP contribution in [0.25, 0.3) is 16.6 Å². The third-order valence-corrected chi connectivity index (χ3v) is 5.84. The average molecular weight is 453 g/mol. The summed E-state index contributed by atoms with van der Waals surface area (Å²) in [4.78, 5) is 43.0. The first-order valence-corrected chi connectivity index (χ1v) is 11.2. The summed E-state index contributed by atoms with van der Waals surface area (Å²) in [5.74, 6) is -0.466. The molecule has 2 aromatic carbocycles. The molecule has 8 heteroatoms. The van der Waals surface area contributed by atoms with Crippen LogP contribution in [0.1, 0.15) is 38.8 Å². The summed E-state index contributed by atoms with van der Waals surface area (Å²) in [7, 11) is 0. The number of urea groups is 1. The number of amides is 3. The van der Waals surface area contributed by atoms with Gasteiger partial charge in [-0.3, -0.25) is 19.5 Å². The second-order valence-corrected chi connectivity index (χ2v) is 10.1. The molecule has 1 atom stereocenters. The van der Waals surface area contributed by atoms with Crippen molar-refractivity contribution in [3.63, 3.8) is 0 Å². The number of imide groups is 1. The molecule has 3 amide bonds. The predicted octanol–water partition coefficient (Wildman–Crippen LogP) is 4.11. The van der Waals surface area contributed by atoms with E-state index < -0.39 is 22.7 Å². The van der Waals surface area contributed by atoms with E-state index in [-0.39, 0.29) is 5.56 Å². The molecule has 1 aromatic heterocycles. The maximum Gasteiger partial charge on any atom is 0.321 e. The maximum absolute atomic E-state index is 13.5. The zero-order valence-electron chi connectivity index (χ0n) is 19.1. The molecule has 1 heterocycles. The van der Waals surface area contributed by atoms with Crippen LogP contribution < -0.4 is 16.2 Å². The summed E-state index contributed by atoms with van der Waals surface area (Å²) in [6, 6.07) is 12.4. The fourth-order valence-electron chi connectivity index (χ4n) is 3.34. The van der Waals surface area contributed by atoms with Gasteiger partial charge in [-0.15, -0.1) is 0 Å². The zero-order valence-corrected chi connectivity index (χ0v) is 20.0. The highest BCUT2D eigenvalue weighted by Gasteiger charge is 2.24. The van der Waals surface area contributed by atoms with Gasteiger partial charge in [0.05, 0.1) is 21.8 Å². The Hall–Kier alpha value is -3.13. The van der Waals surface area contributed by atoms with Crippen molar-refractivity contribution in [1.29, 1.82) is 0 Å². The van der Waals surface area contributed by atoms with Crippen LogP contribution in [0.3, 0.4) is 0 Å². The number of nitrogens with zero attached hydrogens (tertiary/aromatic N) is 2. The fraction of sp³-hybridized carbons (Fsp3) is 0.333. The van der Waals surface area contributed by atoms with Crippen LogP contribution in [0.15, 0.2) is 52.4 Å². The molecule has 0 aliphatic rings. The van der Waals surface area contributed by atoms with E-state index in [2.05, 4.69) is 10.6 Å². The number of hydrogen-bond donors (Lipinski definition) is 2. The molecule has 3 rings (SSSR count). The smallest absolute Gasteiger partial charge is 0.321 e. The molecular weight excluding hydrogens is 424 g/mol. The molecule has 168 valence electrons. The van der Waals surface area contributed by atoms with Crippen LogP contribution in [0.4, 0.5) is 4.79 Å². The standard InChI is InChI=1S/C24H28N4O3S/c1-14-10-9-11-15(2)19(14)28-21(30)17-12-7-8-13-18(17)25-23(28)32-16(3)20(29)26-22(31)27-24(4,5)6/h7-13,16H,1-6H3,(H2,26,27,29,31). The number of aryl methyl sites for hydroxylation is 2. The van der Waals surface area contributed by atoms with Crippen molar-refractivity contribution in [3.8, 4) is 5.69 Å². The van der Waals surface area contributed by atoms with Crippen molar-refractivity contribution < 1.29 is 9.59 Å². The van der Waals surface area contributed by atoms with E-state index in [1.807, 2.05) is 58.9 Å². The Bertz CT molecular complexity index is 1220. The molecule has 1 unspecified atom stereocenters. The van der Waals surface area contributed by atoms with Gasteiger partial charge in [0.2, 0.25) is 5.91 Å². The van der Waals surface area contributed by atoms with Gasteiger partial charge in [0.25, 0.3) is 5.56 Å². The molecular formula is C24H28N4O3S. The SMILES string of the molecule is Cc1cccc(C)c1-n1c(SC(C)C(=O)NC(=O)NC(C)(C)C)nc2ccccc2c1=O. The highest BCUT2D eigenvalue weighted by molar-refractivity contribution is 8.00. The van der Waals surface area contributed by atoms with Crippen LogP contribution in [0.5, 0.6) is 0 Å². The molecule has 0 saturated carbocycles. The topological polar surface area (TPSA) is 93.1 Å². The molecule has 2 N–H and O–H groups in total. The van der Waals surface area contributed by atoms with Crippen LogP contribution in [-0.4, -0.2) is 32.3 Å². The molecule has 3 aromatic rings. The second kappa shape index (κ2) is 9.16. The van der Waals surface area contributed by atoms with Gasteiger partial charge in [0.15, 0.2) is 5.16 Å². The molecule has 0 bridgehead atoms. The first-order chi connectivity index (χ1) is 15.0. The minimum Gasteiger partial charge on any atom is -0.333 e. The van der Waals surface area contributed by atoms with E-state index in [1.54, 1.807) is 29.7 Å². The normalized spacial score (nSPS) is 12.4. The largest absolute Gasteiger partial charge is 0.333 e. The van der Waals surface area contributed by atoms with E-state index in [0.717, 1.165) is 28.6 Å². The van der Waals surface area contributed by atoms with E-state index in [0.29, 0.717) is 16.1 Å². The third kappa shape index (κ3) is 5.19. The Morgan fingerprint density at radius 1 is 1.03 bits per heavy atom. The number of benzene rings is 2. The number of thioether (sulfide) groups is 1. The number of carbonyl (C=O) groups is 2. The number of nitrogens with one attached hydrogen (secondary N) is 2. The molecule has 7 nitrogen and oxygen atoms in total. The summed E-state index contributed by atoms with van der Waals surface area (Å²) in [5, 5.41) is 5.30. The van der Waals surface area contributed by atoms with Crippen molar-refractivity contribution in [2.75, 3.05) is 0 Å². The number of rotatable bonds is 4. The molecule has 0 fully saturated rings. The van der Waals surface area contributed by atoms with Gasteiger partial charge < -0.3 is 5.32 Å². The molecule has 0 saturated heterocycles. The predicted molar refractivity (Wildman–Crippen MR) is 129 cm³/mol. The van der Waals surface area contributed by atoms with Crippen LogP contribution >= 0.6 is 11.8 Å². The number of carbonyl (C=O) groups excluding carboxylic acids is 2. The van der Waals surface area contributed by atoms with E-state index in [4.69, 9.17) is 4.98 Å². The molecule has 32 heavy (non-hydrogen) atoms. The van der Waals surface area contributed by atoms with Crippen molar-refractivity contribution >= 4 is 34.6 Å². The molecule has 0 spiro atoms. The monoisotopic (exact) mass is 452 g/mol. The van der Waals surface area contributed by atoms with Gasteiger partial charge in [-0.1, -0.05) is 42.1 Å². The third-order valence-electron chi connectivity index (χ3n) is 4.78. The van der Waals surface area contributed by atoms with E-state index in [1.165, 1.54) is 0 Å². The van der Waals surface area contributed by atoms with Gasteiger partial charge >= 0.3 is 6.03 Å². The first-order valence-electron chi connectivity index (χ1n) is 10.4. The van der Waals surface area contributed by atoms with E-state index >= 15 is 0 Å². The van der Waals surface area contributed by atoms with Crippen molar-refractivity contribution in [3.05, 3.63) is 63.9 Å². The fourth-order valence-corrected chi connectivity index (χ4v) is 4.26. The Balaban J connectivity index is 2.03. The highest BCUT2D eigenvalue weighted by Crippen LogP contribution is 2.28. The summed E-state index contributed by atoms with van der Waals surface area (Å²) in [6.45, 7) is 11.0.